The molecule has 0 spiro atoms. The Balaban J connectivity index is 1.74. The van der Waals surface area contributed by atoms with Crippen LogP contribution in [0, 0.1) is 13.8 Å². The summed E-state index contributed by atoms with van der Waals surface area (Å²) in [4.78, 5) is 12.0. The monoisotopic (exact) mass is 433 g/mol. The summed E-state index contributed by atoms with van der Waals surface area (Å²) < 4.78 is 57.7. The fraction of sp³-hybridized carbons (Fsp3) is 0.588. The normalized spacial score (nSPS) is 16.1. The molecule has 0 saturated carbocycles. The molecule has 1 heterocycles. The van der Waals surface area contributed by atoms with E-state index in [2.05, 4.69) is 10.0 Å². The third-order valence-corrected chi connectivity index (χ3v) is 7.81. The van der Waals surface area contributed by atoms with Gasteiger partial charge < -0.3 is 10.1 Å². The highest BCUT2D eigenvalue weighted by molar-refractivity contribution is 7.89. The first kappa shape index (κ1) is 22.8. The quantitative estimate of drug-likeness (QED) is 0.554. The number of sulfonamides is 2. The second kappa shape index (κ2) is 9.79. The van der Waals surface area contributed by atoms with Crippen LogP contribution in [0.4, 0.5) is 0 Å². The smallest absolute Gasteiger partial charge is 0.240 e. The molecule has 2 rings (SSSR count). The number of carbonyl (C=O) groups excluding carboxylic acids is 1. The number of benzene rings is 1. The van der Waals surface area contributed by atoms with Crippen molar-refractivity contribution in [2.45, 2.75) is 25.2 Å². The number of amides is 1. The summed E-state index contributed by atoms with van der Waals surface area (Å²) in [5.74, 6) is -0.618. The van der Waals surface area contributed by atoms with Gasteiger partial charge in [-0.25, -0.2) is 21.6 Å². The van der Waals surface area contributed by atoms with Crippen molar-refractivity contribution in [1.82, 2.24) is 14.3 Å². The number of hydrogen-bond donors (Lipinski definition) is 2. The zero-order valence-electron chi connectivity index (χ0n) is 16.1. The SMILES string of the molecule is Cc1ccc(S(=O)(=O)NCCC(=O)NCCS(=O)(=O)N2CCOCC2)cc1C. The molecule has 1 fully saturated rings. The van der Waals surface area contributed by atoms with Crippen LogP contribution in [0.2, 0.25) is 0 Å². The molecule has 0 unspecified atom stereocenters. The maximum Gasteiger partial charge on any atom is 0.240 e. The molecule has 1 aliphatic rings. The second-order valence-corrected chi connectivity index (χ2v) is 10.4. The minimum Gasteiger partial charge on any atom is -0.379 e. The zero-order chi connectivity index (χ0) is 20.8. The highest BCUT2D eigenvalue weighted by atomic mass is 32.2. The van der Waals surface area contributed by atoms with Crippen molar-refractivity contribution in [3.05, 3.63) is 29.3 Å². The van der Waals surface area contributed by atoms with Crippen LogP contribution in [0.25, 0.3) is 0 Å². The Kier molecular flexibility index (Phi) is 7.96. The summed E-state index contributed by atoms with van der Waals surface area (Å²) >= 11 is 0. The lowest BCUT2D eigenvalue weighted by Gasteiger charge is -2.26. The van der Waals surface area contributed by atoms with E-state index in [9.17, 15) is 21.6 Å². The van der Waals surface area contributed by atoms with Crippen molar-refractivity contribution in [3.63, 3.8) is 0 Å². The molecule has 158 valence electrons. The highest BCUT2D eigenvalue weighted by Gasteiger charge is 2.24. The van der Waals surface area contributed by atoms with Crippen LogP contribution in [-0.2, 0) is 29.6 Å². The standard InChI is InChI=1S/C17H27N3O6S2/c1-14-3-4-16(13-15(14)2)28(24,25)19-6-5-17(21)18-7-12-27(22,23)20-8-10-26-11-9-20/h3-4,13,19H,5-12H2,1-2H3,(H,18,21). The summed E-state index contributed by atoms with van der Waals surface area (Å²) in [6.45, 7) is 4.99. The Hall–Kier alpha value is -1.53. The second-order valence-electron chi connectivity index (χ2n) is 6.57. The first-order chi connectivity index (χ1) is 13.1. The van der Waals surface area contributed by atoms with Crippen LogP contribution in [-0.4, -0.2) is 72.2 Å². The van der Waals surface area contributed by atoms with Gasteiger partial charge in [0.1, 0.15) is 0 Å². The predicted octanol–water partition coefficient (Wildman–Crippen LogP) is -0.250. The molecule has 2 N–H and O–H groups in total. The van der Waals surface area contributed by atoms with Gasteiger partial charge in [0, 0.05) is 32.6 Å². The van der Waals surface area contributed by atoms with E-state index in [1.807, 2.05) is 13.8 Å². The molecule has 0 radical (unpaired) electrons. The molecule has 0 aromatic heterocycles. The molecule has 11 heteroatoms. The molecular formula is C17H27N3O6S2. The van der Waals surface area contributed by atoms with Crippen LogP contribution < -0.4 is 10.0 Å². The molecule has 0 aliphatic carbocycles. The van der Waals surface area contributed by atoms with Gasteiger partial charge in [0.25, 0.3) is 0 Å². The first-order valence-corrected chi connectivity index (χ1v) is 12.1. The van der Waals surface area contributed by atoms with Crippen molar-refractivity contribution < 1.29 is 26.4 Å². The van der Waals surface area contributed by atoms with Gasteiger partial charge in [-0.2, -0.15) is 4.31 Å². The van der Waals surface area contributed by atoms with Gasteiger partial charge in [0.15, 0.2) is 0 Å². The topological polar surface area (TPSA) is 122 Å². The minimum absolute atomic E-state index is 0.0254. The van der Waals surface area contributed by atoms with E-state index in [-0.39, 0.29) is 30.2 Å². The van der Waals surface area contributed by atoms with Gasteiger partial charge in [-0.05, 0) is 37.1 Å². The van der Waals surface area contributed by atoms with Crippen molar-refractivity contribution in [2.24, 2.45) is 0 Å². The third-order valence-electron chi connectivity index (χ3n) is 4.48. The molecule has 0 bridgehead atoms. The van der Waals surface area contributed by atoms with Gasteiger partial charge in [-0.1, -0.05) is 6.07 Å². The van der Waals surface area contributed by atoms with Crippen LogP contribution in [0.1, 0.15) is 17.5 Å². The van der Waals surface area contributed by atoms with Crippen molar-refractivity contribution >= 4 is 26.0 Å². The fourth-order valence-electron chi connectivity index (χ4n) is 2.63. The lowest BCUT2D eigenvalue weighted by Crippen LogP contribution is -2.44. The molecule has 1 aromatic rings. The van der Waals surface area contributed by atoms with E-state index in [0.29, 0.717) is 26.3 Å². The van der Waals surface area contributed by atoms with Crippen LogP contribution in [0.3, 0.4) is 0 Å². The number of nitrogens with zero attached hydrogens (tertiary/aromatic N) is 1. The number of hydrogen-bond acceptors (Lipinski definition) is 6. The number of carbonyl (C=O) groups is 1. The first-order valence-electron chi connectivity index (χ1n) is 9.01. The molecule has 1 saturated heterocycles. The molecule has 1 aromatic carbocycles. The Labute approximate surface area is 166 Å². The predicted molar refractivity (Wildman–Crippen MR) is 105 cm³/mol. The number of rotatable bonds is 9. The average molecular weight is 434 g/mol. The van der Waals surface area contributed by atoms with Gasteiger partial charge in [0.2, 0.25) is 26.0 Å². The lowest BCUT2D eigenvalue weighted by molar-refractivity contribution is -0.120. The summed E-state index contributed by atoms with van der Waals surface area (Å²) in [5, 5.41) is 2.51. The van der Waals surface area contributed by atoms with Gasteiger partial charge in [-0.3, -0.25) is 4.79 Å². The largest absolute Gasteiger partial charge is 0.379 e. The average Bonchev–Trinajstić information content (AvgIpc) is 2.64. The van der Waals surface area contributed by atoms with Gasteiger partial charge in [0.05, 0.1) is 23.9 Å². The van der Waals surface area contributed by atoms with E-state index >= 15 is 0 Å². The van der Waals surface area contributed by atoms with Crippen LogP contribution >= 0.6 is 0 Å². The summed E-state index contributed by atoms with van der Waals surface area (Å²) in [6.07, 6.45) is -0.0817. The Morgan fingerprint density at radius 2 is 1.75 bits per heavy atom. The molecule has 0 atom stereocenters. The van der Waals surface area contributed by atoms with Crippen molar-refractivity contribution in [3.8, 4) is 0 Å². The van der Waals surface area contributed by atoms with Crippen molar-refractivity contribution in [2.75, 3.05) is 45.1 Å². The van der Waals surface area contributed by atoms with Crippen LogP contribution in [0.15, 0.2) is 23.1 Å². The molecule has 1 aliphatic heterocycles. The van der Waals surface area contributed by atoms with Crippen LogP contribution in [0.5, 0.6) is 0 Å². The number of nitrogens with one attached hydrogen (secondary N) is 2. The Bertz CT molecular complexity index is 893. The van der Waals surface area contributed by atoms with Gasteiger partial charge in [-0.15, -0.1) is 0 Å². The lowest BCUT2D eigenvalue weighted by atomic mass is 10.1. The number of aryl methyl sites for hydroxylation is 2. The molecule has 9 nitrogen and oxygen atoms in total. The maximum absolute atomic E-state index is 12.3. The summed E-state index contributed by atoms with van der Waals surface area (Å²) in [5.41, 5.74) is 1.85. The number of morpholine rings is 1. The van der Waals surface area contributed by atoms with Gasteiger partial charge >= 0.3 is 0 Å². The maximum atomic E-state index is 12.3. The third kappa shape index (κ3) is 6.52. The van der Waals surface area contributed by atoms with Crippen molar-refractivity contribution in [1.29, 1.82) is 0 Å². The van der Waals surface area contributed by atoms with E-state index in [0.717, 1.165) is 11.1 Å². The van der Waals surface area contributed by atoms with E-state index < -0.39 is 26.0 Å². The summed E-state index contributed by atoms with van der Waals surface area (Å²) in [7, 11) is -7.14. The number of ether oxygens (including phenoxy) is 1. The summed E-state index contributed by atoms with van der Waals surface area (Å²) in [6, 6.07) is 4.82. The van der Waals surface area contributed by atoms with E-state index in [1.54, 1.807) is 12.1 Å². The fourth-order valence-corrected chi connectivity index (χ4v) is 5.07. The van der Waals surface area contributed by atoms with E-state index in [1.165, 1.54) is 10.4 Å². The molecular weight excluding hydrogens is 406 g/mol. The molecule has 1 amide bonds. The molecule has 28 heavy (non-hydrogen) atoms. The zero-order valence-corrected chi connectivity index (χ0v) is 17.7. The minimum atomic E-state index is -3.70. The Morgan fingerprint density at radius 3 is 2.39 bits per heavy atom. The highest BCUT2D eigenvalue weighted by Crippen LogP contribution is 2.14. The Morgan fingerprint density at radius 1 is 1.07 bits per heavy atom. The van der Waals surface area contributed by atoms with E-state index in [4.69, 9.17) is 4.74 Å².